The average molecular weight is 592 g/mol. The number of benzene rings is 5. The Labute approximate surface area is 245 Å². The lowest BCUT2D eigenvalue weighted by Crippen LogP contribution is -3.00. The van der Waals surface area contributed by atoms with E-state index in [9.17, 15) is 0 Å². The highest BCUT2D eigenvalue weighted by molar-refractivity contribution is 7.95. The summed E-state index contributed by atoms with van der Waals surface area (Å²) in [5.74, 6) is 0. The monoisotopic (exact) mass is 590 g/mol. The Morgan fingerprint density at radius 3 is 1.23 bits per heavy atom. The summed E-state index contributed by atoms with van der Waals surface area (Å²) in [7, 11) is -1.92. The predicted octanol–water partition coefficient (Wildman–Crippen LogP) is 4.69. The fraction of sp³-hybridized carbons (Fsp3) is 0.189. The molecule has 4 bridgehead atoms. The van der Waals surface area contributed by atoms with Crippen molar-refractivity contribution >= 4 is 23.2 Å². The smallest absolute Gasteiger partial charge is 0.116 e. The van der Waals surface area contributed by atoms with E-state index in [4.69, 9.17) is 0 Å². The van der Waals surface area contributed by atoms with Crippen LogP contribution in [0.15, 0.2) is 121 Å². The molecule has 0 nitrogen and oxygen atoms in total. The largest absolute Gasteiger partial charge is 1.00 e. The number of fused-ring (bicyclic) bond motifs is 4. The van der Waals surface area contributed by atoms with Crippen LogP contribution in [0.4, 0.5) is 0 Å². The lowest BCUT2D eigenvalue weighted by molar-refractivity contribution is -0.00000755. The number of halogens is 1. The fourth-order valence-electron chi connectivity index (χ4n) is 6.38. The summed E-state index contributed by atoms with van der Waals surface area (Å²) in [6.07, 6.45) is 5.46. The van der Waals surface area contributed by atoms with Crippen LogP contribution in [0.1, 0.15) is 38.9 Å². The highest BCUT2D eigenvalue weighted by atomic mass is 79.9. The van der Waals surface area contributed by atoms with Crippen molar-refractivity contribution < 1.29 is 17.0 Å². The second-order valence-electron chi connectivity index (χ2n) is 10.7. The molecule has 0 unspecified atom stereocenters. The van der Waals surface area contributed by atoms with Gasteiger partial charge in [-0.1, -0.05) is 84.9 Å². The van der Waals surface area contributed by atoms with E-state index in [1.165, 1.54) is 54.9 Å². The minimum Gasteiger partial charge on any atom is -1.00 e. The average Bonchev–Trinajstić information content (AvgIpc) is 2.97. The molecule has 1 aliphatic carbocycles. The molecule has 0 saturated heterocycles. The van der Waals surface area contributed by atoms with E-state index in [2.05, 4.69) is 135 Å². The third-order valence-corrected chi connectivity index (χ3v) is 13.0. The van der Waals surface area contributed by atoms with Crippen LogP contribution in [0.25, 0.3) is 0 Å². The molecule has 5 aromatic carbocycles. The van der Waals surface area contributed by atoms with Crippen LogP contribution >= 0.6 is 7.26 Å². The van der Waals surface area contributed by atoms with Crippen LogP contribution in [-0.4, -0.2) is 0 Å². The Morgan fingerprint density at radius 1 is 0.462 bits per heavy atom. The molecule has 196 valence electrons. The SMILES string of the molecule is Cc1c2cccc1CCc1cc(C[P+](c3ccccc3)(c3ccccc3)c3ccccc3)cc(c1C)CC2.[Br-]. The summed E-state index contributed by atoms with van der Waals surface area (Å²) in [6.45, 7) is 4.67. The molecule has 6 rings (SSSR count). The Hall–Kier alpha value is -2.99. The van der Waals surface area contributed by atoms with Gasteiger partial charge in [0.2, 0.25) is 0 Å². The molecular formula is C37H36BrP. The maximum atomic E-state index is 2.54. The molecule has 0 atom stereocenters. The van der Waals surface area contributed by atoms with Crippen molar-refractivity contribution in [3.8, 4) is 0 Å². The molecule has 2 heteroatoms. The van der Waals surface area contributed by atoms with Crippen molar-refractivity contribution in [2.45, 2.75) is 45.7 Å². The molecule has 0 spiro atoms. The van der Waals surface area contributed by atoms with Crippen molar-refractivity contribution in [3.63, 3.8) is 0 Å². The lowest BCUT2D eigenvalue weighted by Gasteiger charge is -2.28. The van der Waals surface area contributed by atoms with Gasteiger partial charge in [-0.25, -0.2) is 0 Å². The van der Waals surface area contributed by atoms with E-state index >= 15 is 0 Å². The zero-order chi connectivity index (χ0) is 26.0. The van der Waals surface area contributed by atoms with Crippen molar-refractivity contribution in [2.24, 2.45) is 0 Å². The van der Waals surface area contributed by atoms with Gasteiger partial charge in [0.1, 0.15) is 23.2 Å². The predicted molar refractivity (Wildman–Crippen MR) is 166 cm³/mol. The topological polar surface area (TPSA) is 0 Å². The Bertz CT molecular complexity index is 1400. The summed E-state index contributed by atoms with van der Waals surface area (Å²) in [4.78, 5) is 0. The standard InChI is InChI=1S/C37H36P.BrH/c1-28-31-13-12-14-32(28)22-24-34-26-30(25-33(23-21-31)29(34)2)27-38(35-15-6-3-7-16-35,36-17-8-4-9-18-36)37-19-10-5-11-20-37;/h3-20,25-26H,21-24,27H2,1-2H3;1H/q+1;/p-1. The molecule has 0 heterocycles. The van der Waals surface area contributed by atoms with Gasteiger partial charge in [0.05, 0.1) is 6.16 Å². The first-order valence-corrected chi connectivity index (χ1v) is 15.9. The van der Waals surface area contributed by atoms with Gasteiger partial charge in [0.25, 0.3) is 0 Å². The van der Waals surface area contributed by atoms with Crippen molar-refractivity contribution in [1.29, 1.82) is 0 Å². The van der Waals surface area contributed by atoms with Gasteiger partial charge >= 0.3 is 0 Å². The summed E-state index contributed by atoms with van der Waals surface area (Å²) in [5.41, 5.74) is 10.5. The fourth-order valence-corrected chi connectivity index (χ4v) is 10.6. The van der Waals surface area contributed by atoms with Gasteiger partial charge < -0.3 is 17.0 Å². The first kappa shape index (κ1) is 27.6. The molecule has 0 saturated carbocycles. The molecule has 0 aliphatic heterocycles. The minimum atomic E-state index is -1.92. The van der Waals surface area contributed by atoms with E-state index in [1.54, 1.807) is 0 Å². The molecule has 39 heavy (non-hydrogen) atoms. The quantitative estimate of drug-likeness (QED) is 0.261. The summed E-state index contributed by atoms with van der Waals surface area (Å²) in [5, 5.41) is 4.35. The Balaban J connectivity index is 0.00000308. The first-order valence-electron chi connectivity index (χ1n) is 13.9. The molecule has 0 N–H and O–H groups in total. The minimum absolute atomic E-state index is 0. The van der Waals surface area contributed by atoms with E-state index < -0.39 is 7.26 Å². The molecule has 0 radical (unpaired) electrons. The van der Waals surface area contributed by atoms with Crippen LogP contribution in [0.2, 0.25) is 0 Å². The van der Waals surface area contributed by atoms with Gasteiger partial charge in [0, 0.05) is 0 Å². The number of hydrogen-bond acceptors (Lipinski definition) is 0. The van der Waals surface area contributed by atoms with Gasteiger partial charge in [-0.05, 0) is 115 Å². The second kappa shape index (κ2) is 12.0. The highest BCUT2D eigenvalue weighted by Gasteiger charge is 2.45. The van der Waals surface area contributed by atoms with E-state index in [-0.39, 0.29) is 17.0 Å². The lowest BCUT2D eigenvalue weighted by atomic mass is 9.87. The Morgan fingerprint density at radius 2 is 0.821 bits per heavy atom. The van der Waals surface area contributed by atoms with E-state index in [0.29, 0.717) is 0 Å². The number of aryl methyl sites for hydroxylation is 4. The third-order valence-electron chi connectivity index (χ3n) is 8.58. The summed E-state index contributed by atoms with van der Waals surface area (Å²) >= 11 is 0. The Kier molecular flexibility index (Phi) is 8.51. The molecular weight excluding hydrogens is 555 g/mol. The molecule has 5 aromatic rings. The van der Waals surface area contributed by atoms with E-state index in [1.807, 2.05) is 0 Å². The van der Waals surface area contributed by atoms with Crippen LogP contribution in [-0.2, 0) is 31.8 Å². The van der Waals surface area contributed by atoms with E-state index in [0.717, 1.165) is 31.8 Å². The summed E-state index contributed by atoms with van der Waals surface area (Å²) in [6, 6.07) is 45.9. The maximum absolute atomic E-state index is 2.54. The molecule has 0 aromatic heterocycles. The van der Waals surface area contributed by atoms with Crippen molar-refractivity contribution in [2.75, 3.05) is 0 Å². The van der Waals surface area contributed by atoms with Crippen LogP contribution in [0.5, 0.6) is 0 Å². The maximum Gasteiger partial charge on any atom is 0.116 e. The normalized spacial score (nSPS) is 12.9. The second-order valence-corrected chi connectivity index (χ2v) is 14.2. The van der Waals surface area contributed by atoms with Gasteiger partial charge in [-0.3, -0.25) is 0 Å². The van der Waals surface area contributed by atoms with Crippen LogP contribution in [0, 0.1) is 13.8 Å². The third kappa shape index (κ3) is 5.41. The zero-order valence-electron chi connectivity index (χ0n) is 22.9. The van der Waals surface area contributed by atoms with Gasteiger partial charge in [0.15, 0.2) is 0 Å². The van der Waals surface area contributed by atoms with Crippen LogP contribution < -0.4 is 32.9 Å². The molecule has 0 fully saturated rings. The van der Waals surface area contributed by atoms with Crippen LogP contribution in [0.3, 0.4) is 0 Å². The number of rotatable bonds is 5. The van der Waals surface area contributed by atoms with Gasteiger partial charge in [-0.2, -0.15) is 0 Å². The highest BCUT2D eigenvalue weighted by Crippen LogP contribution is 2.58. The number of hydrogen-bond donors (Lipinski definition) is 0. The first-order chi connectivity index (χ1) is 18.6. The van der Waals surface area contributed by atoms with Crippen molar-refractivity contribution in [3.05, 3.63) is 160 Å². The summed E-state index contributed by atoms with van der Waals surface area (Å²) < 4.78 is 0. The molecule has 1 aliphatic rings. The zero-order valence-corrected chi connectivity index (χ0v) is 25.4. The molecule has 0 amide bonds. The van der Waals surface area contributed by atoms with Gasteiger partial charge in [-0.15, -0.1) is 0 Å². The van der Waals surface area contributed by atoms with Crippen molar-refractivity contribution in [1.82, 2.24) is 0 Å².